The van der Waals surface area contributed by atoms with Crippen LogP contribution in [-0.2, 0) is 9.84 Å². The fourth-order valence-electron chi connectivity index (χ4n) is 2.27. The molecule has 1 N–H and O–H groups in total. The number of hydrogen-bond donors (Lipinski definition) is 1. The summed E-state index contributed by atoms with van der Waals surface area (Å²) in [4.78, 5) is 0.380. The van der Waals surface area contributed by atoms with Gasteiger partial charge in [-0.2, -0.15) is 0 Å². The second-order valence-electron chi connectivity index (χ2n) is 6.02. The molecule has 2 aromatic rings. The molecule has 2 rings (SSSR count). The Morgan fingerprint density at radius 3 is 2.00 bits per heavy atom. The minimum Gasteiger partial charge on any atom is -0.508 e. The quantitative estimate of drug-likeness (QED) is 0.893. The van der Waals surface area contributed by atoms with E-state index in [9.17, 15) is 13.5 Å². The van der Waals surface area contributed by atoms with Gasteiger partial charge in [0.1, 0.15) is 11.5 Å². The molecule has 0 fully saturated rings. The molecule has 0 radical (unpaired) electrons. The maximum atomic E-state index is 12.7. The number of rotatable bonds is 5. The fraction of sp³-hybridized carbons (Fsp3) is 0.333. The molecule has 0 saturated carbocycles. The highest BCUT2D eigenvalue weighted by molar-refractivity contribution is 7.91. The van der Waals surface area contributed by atoms with E-state index in [1.54, 1.807) is 12.1 Å². The molecule has 23 heavy (non-hydrogen) atoms. The summed E-state index contributed by atoms with van der Waals surface area (Å²) in [6.45, 7) is 7.64. The van der Waals surface area contributed by atoms with Crippen LogP contribution >= 0.6 is 0 Å². The van der Waals surface area contributed by atoms with E-state index >= 15 is 0 Å². The molecule has 0 heterocycles. The van der Waals surface area contributed by atoms with Crippen molar-refractivity contribution in [2.75, 3.05) is 0 Å². The minimum atomic E-state index is -3.62. The molecule has 4 nitrogen and oxygen atoms in total. The van der Waals surface area contributed by atoms with E-state index in [1.165, 1.54) is 30.3 Å². The number of phenols is 1. The zero-order chi connectivity index (χ0) is 17.2. The molecule has 0 unspecified atom stereocenters. The first-order valence-electron chi connectivity index (χ1n) is 7.56. The number of benzene rings is 2. The summed E-state index contributed by atoms with van der Waals surface area (Å²) in [6, 6.07) is 10.8. The van der Waals surface area contributed by atoms with Gasteiger partial charge in [0, 0.05) is 0 Å². The maximum Gasteiger partial charge on any atom is 0.206 e. The molecule has 0 aliphatic rings. The highest BCUT2D eigenvalue weighted by Crippen LogP contribution is 2.31. The lowest BCUT2D eigenvalue weighted by atomic mass is 10.0. The van der Waals surface area contributed by atoms with Crippen LogP contribution in [-0.4, -0.2) is 19.6 Å². The Morgan fingerprint density at radius 2 is 1.48 bits per heavy atom. The predicted octanol–water partition coefficient (Wildman–Crippen LogP) is 4.14. The van der Waals surface area contributed by atoms with Crippen LogP contribution in [0.25, 0.3) is 0 Å². The summed E-state index contributed by atoms with van der Waals surface area (Å²) >= 11 is 0. The Kier molecular flexibility index (Phi) is 5.00. The Bertz CT molecular complexity index is 775. The van der Waals surface area contributed by atoms with E-state index in [1.807, 2.05) is 27.7 Å². The maximum absolute atomic E-state index is 12.7. The number of aromatic hydroxyl groups is 1. The van der Waals surface area contributed by atoms with Crippen molar-refractivity contribution >= 4 is 9.84 Å². The van der Waals surface area contributed by atoms with Gasteiger partial charge in [-0.15, -0.1) is 0 Å². The molecule has 0 aromatic heterocycles. The van der Waals surface area contributed by atoms with Crippen LogP contribution < -0.4 is 4.74 Å². The van der Waals surface area contributed by atoms with Gasteiger partial charge in [-0.1, -0.05) is 13.8 Å². The molecule has 0 atom stereocenters. The van der Waals surface area contributed by atoms with Gasteiger partial charge in [0.15, 0.2) is 0 Å². The molecule has 0 aliphatic heterocycles. The third-order valence-corrected chi connectivity index (χ3v) is 5.20. The lowest BCUT2D eigenvalue weighted by Gasteiger charge is -2.12. The van der Waals surface area contributed by atoms with Crippen molar-refractivity contribution in [3.8, 4) is 11.5 Å². The summed E-state index contributed by atoms with van der Waals surface area (Å²) in [7, 11) is -3.62. The summed E-state index contributed by atoms with van der Waals surface area (Å²) in [6.07, 6.45) is 0.0307. The topological polar surface area (TPSA) is 63.6 Å². The fourth-order valence-corrected chi connectivity index (χ4v) is 3.56. The predicted molar refractivity (Wildman–Crippen MR) is 89.9 cm³/mol. The first-order valence-corrected chi connectivity index (χ1v) is 9.05. The third-order valence-electron chi connectivity index (χ3n) is 3.44. The molecule has 0 spiro atoms. The monoisotopic (exact) mass is 334 g/mol. The van der Waals surface area contributed by atoms with Crippen molar-refractivity contribution in [3.05, 3.63) is 48.0 Å². The molecule has 0 aliphatic carbocycles. The number of phenolic OH excluding ortho intramolecular Hbond substituents is 1. The molecular formula is C18H22O4S. The van der Waals surface area contributed by atoms with Crippen LogP contribution in [0.5, 0.6) is 11.5 Å². The van der Waals surface area contributed by atoms with Gasteiger partial charge in [-0.3, -0.25) is 0 Å². The lowest BCUT2D eigenvalue weighted by molar-refractivity contribution is 0.242. The molecule has 124 valence electrons. The van der Waals surface area contributed by atoms with Crippen molar-refractivity contribution in [1.29, 1.82) is 0 Å². The van der Waals surface area contributed by atoms with Gasteiger partial charge in [0.05, 0.1) is 15.9 Å². The van der Waals surface area contributed by atoms with Crippen LogP contribution in [0, 0.1) is 0 Å². The van der Waals surface area contributed by atoms with E-state index in [0.717, 1.165) is 0 Å². The van der Waals surface area contributed by atoms with Crippen molar-refractivity contribution < 1.29 is 18.3 Å². The number of hydrogen-bond acceptors (Lipinski definition) is 4. The average Bonchev–Trinajstić information content (AvgIpc) is 2.47. The second-order valence-corrected chi connectivity index (χ2v) is 7.97. The first kappa shape index (κ1) is 17.3. The molecule has 0 bridgehead atoms. The molecule has 0 amide bonds. The van der Waals surface area contributed by atoms with Crippen LogP contribution in [0.2, 0.25) is 0 Å². The first-order chi connectivity index (χ1) is 10.7. The minimum absolute atomic E-state index is 0.0307. The van der Waals surface area contributed by atoms with E-state index in [0.29, 0.717) is 11.3 Å². The summed E-state index contributed by atoms with van der Waals surface area (Å²) < 4.78 is 31.0. The Labute approximate surface area is 137 Å². The standard InChI is InChI=1S/C18H22O4S/c1-12(2)17-11-16(9-10-18(17)19)23(20,21)15-7-5-14(6-8-15)22-13(3)4/h5-13,19H,1-4H3. The van der Waals surface area contributed by atoms with E-state index < -0.39 is 9.84 Å². The average molecular weight is 334 g/mol. The zero-order valence-corrected chi connectivity index (χ0v) is 14.6. The van der Waals surface area contributed by atoms with Gasteiger partial charge in [0.25, 0.3) is 0 Å². The SMILES string of the molecule is CC(C)Oc1ccc(S(=O)(=O)c2ccc(O)c(C(C)C)c2)cc1. The summed E-state index contributed by atoms with van der Waals surface area (Å²) in [5.41, 5.74) is 0.617. The number of ether oxygens (including phenoxy) is 1. The summed E-state index contributed by atoms with van der Waals surface area (Å²) in [5.74, 6) is 0.777. The van der Waals surface area contributed by atoms with Crippen LogP contribution in [0.15, 0.2) is 52.3 Å². The van der Waals surface area contributed by atoms with Crippen molar-refractivity contribution in [2.24, 2.45) is 0 Å². The summed E-state index contributed by atoms with van der Waals surface area (Å²) in [5, 5.41) is 9.85. The zero-order valence-electron chi connectivity index (χ0n) is 13.8. The van der Waals surface area contributed by atoms with Gasteiger partial charge in [-0.05, 0) is 67.8 Å². The van der Waals surface area contributed by atoms with Crippen molar-refractivity contribution in [1.82, 2.24) is 0 Å². The normalized spacial score (nSPS) is 11.9. The Balaban J connectivity index is 2.40. The van der Waals surface area contributed by atoms with Crippen molar-refractivity contribution in [2.45, 2.75) is 49.5 Å². The van der Waals surface area contributed by atoms with Gasteiger partial charge >= 0.3 is 0 Å². The molecular weight excluding hydrogens is 312 g/mol. The largest absolute Gasteiger partial charge is 0.508 e. The molecule has 0 saturated heterocycles. The van der Waals surface area contributed by atoms with Crippen LogP contribution in [0.3, 0.4) is 0 Å². The molecule has 2 aromatic carbocycles. The highest BCUT2D eigenvalue weighted by atomic mass is 32.2. The lowest BCUT2D eigenvalue weighted by Crippen LogP contribution is -2.06. The second kappa shape index (κ2) is 6.62. The van der Waals surface area contributed by atoms with Gasteiger partial charge in [-0.25, -0.2) is 8.42 Å². The highest BCUT2D eigenvalue weighted by Gasteiger charge is 2.20. The van der Waals surface area contributed by atoms with Gasteiger partial charge < -0.3 is 9.84 Å². The Hall–Kier alpha value is -2.01. The van der Waals surface area contributed by atoms with E-state index in [4.69, 9.17) is 4.74 Å². The molecule has 5 heteroatoms. The Morgan fingerprint density at radius 1 is 0.913 bits per heavy atom. The van der Waals surface area contributed by atoms with E-state index in [2.05, 4.69) is 0 Å². The van der Waals surface area contributed by atoms with Gasteiger partial charge in [0.2, 0.25) is 9.84 Å². The van der Waals surface area contributed by atoms with Crippen LogP contribution in [0.1, 0.15) is 39.2 Å². The smallest absolute Gasteiger partial charge is 0.206 e. The third kappa shape index (κ3) is 3.85. The van der Waals surface area contributed by atoms with Crippen molar-refractivity contribution in [3.63, 3.8) is 0 Å². The number of sulfone groups is 1. The van der Waals surface area contributed by atoms with E-state index in [-0.39, 0.29) is 27.6 Å². The van der Waals surface area contributed by atoms with Crippen LogP contribution in [0.4, 0.5) is 0 Å².